The Hall–Kier alpha value is -2.60. The second kappa shape index (κ2) is 7.53. The number of likely N-dealkylation sites (tertiary alicyclic amines) is 1. The van der Waals surface area contributed by atoms with Crippen molar-refractivity contribution in [1.29, 1.82) is 0 Å². The fraction of sp³-hybridized carbons (Fsp3) is 0.368. The summed E-state index contributed by atoms with van der Waals surface area (Å²) >= 11 is 0. The van der Waals surface area contributed by atoms with Gasteiger partial charge < -0.3 is 9.47 Å². The third kappa shape index (κ3) is 3.91. The number of ether oxygens (including phenoxy) is 2. The van der Waals surface area contributed by atoms with Gasteiger partial charge in [0, 0.05) is 24.1 Å². The van der Waals surface area contributed by atoms with E-state index in [1.54, 1.807) is 20.3 Å². The number of hydrogen-bond donors (Lipinski definition) is 0. The van der Waals surface area contributed by atoms with Gasteiger partial charge in [0.2, 0.25) is 6.04 Å². The number of rotatable bonds is 6. The van der Waals surface area contributed by atoms with E-state index in [1.165, 1.54) is 0 Å². The summed E-state index contributed by atoms with van der Waals surface area (Å²) in [6.45, 7) is 1.78. The highest BCUT2D eigenvalue weighted by molar-refractivity contribution is 5.41. The van der Waals surface area contributed by atoms with E-state index >= 15 is 0 Å². The Labute approximate surface area is 147 Å². The molecule has 0 aromatic heterocycles. The van der Waals surface area contributed by atoms with Crippen LogP contribution in [-0.4, -0.2) is 43.2 Å². The van der Waals surface area contributed by atoms with Crippen molar-refractivity contribution >= 4 is 0 Å². The number of methoxy groups -OCH3 is 2. The van der Waals surface area contributed by atoms with Crippen molar-refractivity contribution < 1.29 is 14.4 Å². The van der Waals surface area contributed by atoms with Crippen LogP contribution in [0.3, 0.4) is 0 Å². The molecule has 6 heteroatoms. The first-order valence-corrected chi connectivity index (χ1v) is 8.23. The molecule has 0 radical (unpaired) electrons. The monoisotopic (exact) mass is 342 g/mol. The molecule has 2 atom stereocenters. The van der Waals surface area contributed by atoms with Crippen molar-refractivity contribution in [1.82, 2.24) is 4.90 Å². The molecule has 2 aromatic carbocycles. The second-order valence-electron chi connectivity index (χ2n) is 6.28. The van der Waals surface area contributed by atoms with Crippen molar-refractivity contribution in [2.24, 2.45) is 0 Å². The molecule has 0 saturated carbocycles. The Kier molecular flexibility index (Phi) is 5.19. The lowest BCUT2D eigenvalue weighted by Gasteiger charge is -2.16. The molecule has 0 amide bonds. The first-order chi connectivity index (χ1) is 12.1. The van der Waals surface area contributed by atoms with E-state index in [-0.39, 0.29) is 10.8 Å². The molecule has 2 aromatic rings. The second-order valence-corrected chi connectivity index (χ2v) is 6.28. The SMILES string of the molecule is COc1cc(OC)cc(C2CN(Cc3ccccc3)CC2[N+](=O)[O-])c1. The van der Waals surface area contributed by atoms with Crippen molar-refractivity contribution in [2.75, 3.05) is 27.3 Å². The highest BCUT2D eigenvalue weighted by Crippen LogP contribution is 2.34. The van der Waals surface area contributed by atoms with Crippen LogP contribution in [0.15, 0.2) is 48.5 Å². The highest BCUT2D eigenvalue weighted by Gasteiger charge is 2.42. The molecule has 1 fully saturated rings. The molecular weight excluding hydrogens is 320 g/mol. The zero-order valence-electron chi connectivity index (χ0n) is 14.4. The molecule has 1 aliphatic rings. The zero-order chi connectivity index (χ0) is 17.8. The zero-order valence-corrected chi connectivity index (χ0v) is 14.4. The van der Waals surface area contributed by atoms with Gasteiger partial charge in [0.25, 0.3) is 0 Å². The summed E-state index contributed by atoms with van der Waals surface area (Å²) in [6, 6.07) is 14.9. The molecule has 0 bridgehead atoms. The molecule has 1 aliphatic heterocycles. The van der Waals surface area contributed by atoms with E-state index < -0.39 is 6.04 Å². The van der Waals surface area contributed by atoms with Crippen LogP contribution in [0.5, 0.6) is 11.5 Å². The predicted molar refractivity (Wildman–Crippen MR) is 94.8 cm³/mol. The maximum absolute atomic E-state index is 11.6. The largest absolute Gasteiger partial charge is 0.497 e. The summed E-state index contributed by atoms with van der Waals surface area (Å²) < 4.78 is 10.6. The lowest BCUT2D eigenvalue weighted by Crippen LogP contribution is -2.28. The van der Waals surface area contributed by atoms with Crippen LogP contribution < -0.4 is 9.47 Å². The standard InChI is InChI=1S/C19H22N2O4/c1-24-16-8-15(9-17(10-16)25-2)18-12-20(13-19(18)21(22)23)11-14-6-4-3-5-7-14/h3-10,18-19H,11-13H2,1-2H3. The van der Waals surface area contributed by atoms with Gasteiger partial charge in [0.15, 0.2) is 0 Å². The van der Waals surface area contributed by atoms with E-state index in [0.29, 0.717) is 31.1 Å². The van der Waals surface area contributed by atoms with Gasteiger partial charge in [-0.2, -0.15) is 0 Å². The van der Waals surface area contributed by atoms with E-state index in [4.69, 9.17) is 9.47 Å². The van der Waals surface area contributed by atoms with Crippen LogP contribution in [0.1, 0.15) is 17.0 Å². The quantitative estimate of drug-likeness (QED) is 0.596. The Morgan fingerprint density at radius 3 is 2.28 bits per heavy atom. The maximum atomic E-state index is 11.6. The Morgan fingerprint density at radius 2 is 1.72 bits per heavy atom. The lowest BCUT2D eigenvalue weighted by molar-refractivity contribution is -0.521. The Balaban J connectivity index is 1.85. The molecule has 3 rings (SSSR count). The molecule has 0 spiro atoms. The number of nitro groups is 1. The summed E-state index contributed by atoms with van der Waals surface area (Å²) in [7, 11) is 3.17. The summed E-state index contributed by atoms with van der Waals surface area (Å²) in [5.41, 5.74) is 2.04. The molecule has 2 unspecified atom stereocenters. The van der Waals surface area contributed by atoms with Gasteiger partial charge >= 0.3 is 0 Å². The van der Waals surface area contributed by atoms with Gasteiger partial charge in [0.1, 0.15) is 11.5 Å². The summed E-state index contributed by atoms with van der Waals surface area (Å²) in [6.07, 6.45) is 0. The minimum atomic E-state index is -0.638. The number of nitrogens with zero attached hydrogens (tertiary/aromatic N) is 2. The Morgan fingerprint density at radius 1 is 1.08 bits per heavy atom. The average Bonchev–Trinajstić information content (AvgIpc) is 3.06. The normalized spacial score (nSPS) is 20.4. The third-order valence-corrected chi connectivity index (χ3v) is 4.69. The van der Waals surface area contributed by atoms with Gasteiger partial charge in [-0.1, -0.05) is 30.3 Å². The molecule has 6 nitrogen and oxygen atoms in total. The molecule has 0 N–H and O–H groups in total. The molecule has 1 heterocycles. The van der Waals surface area contributed by atoms with Crippen LogP contribution in [0, 0.1) is 10.1 Å². The Bertz CT molecular complexity index is 713. The predicted octanol–water partition coefficient (Wildman–Crippen LogP) is 2.95. The first kappa shape index (κ1) is 17.2. The van der Waals surface area contributed by atoms with Crippen molar-refractivity contribution in [3.8, 4) is 11.5 Å². The van der Waals surface area contributed by atoms with Gasteiger partial charge in [-0.25, -0.2) is 0 Å². The van der Waals surface area contributed by atoms with E-state index in [2.05, 4.69) is 4.90 Å². The van der Waals surface area contributed by atoms with E-state index in [1.807, 2.05) is 42.5 Å². The molecule has 25 heavy (non-hydrogen) atoms. The van der Waals surface area contributed by atoms with Crippen LogP contribution >= 0.6 is 0 Å². The minimum absolute atomic E-state index is 0.165. The van der Waals surface area contributed by atoms with Crippen LogP contribution in [0.25, 0.3) is 0 Å². The van der Waals surface area contributed by atoms with Crippen LogP contribution in [-0.2, 0) is 6.54 Å². The van der Waals surface area contributed by atoms with Gasteiger partial charge in [-0.15, -0.1) is 0 Å². The fourth-order valence-electron chi connectivity index (χ4n) is 3.42. The molecule has 1 saturated heterocycles. The lowest BCUT2D eigenvalue weighted by atomic mass is 9.94. The summed E-state index contributed by atoms with van der Waals surface area (Å²) in [5, 5.41) is 11.6. The van der Waals surface area contributed by atoms with Gasteiger partial charge in [-0.3, -0.25) is 15.0 Å². The van der Waals surface area contributed by atoms with E-state index in [0.717, 1.165) is 11.1 Å². The van der Waals surface area contributed by atoms with Gasteiger partial charge in [0.05, 0.1) is 26.7 Å². The minimum Gasteiger partial charge on any atom is -0.497 e. The fourth-order valence-corrected chi connectivity index (χ4v) is 3.42. The maximum Gasteiger partial charge on any atom is 0.233 e. The van der Waals surface area contributed by atoms with Crippen molar-refractivity contribution in [3.63, 3.8) is 0 Å². The number of benzene rings is 2. The highest BCUT2D eigenvalue weighted by atomic mass is 16.6. The smallest absolute Gasteiger partial charge is 0.233 e. The molecular formula is C19H22N2O4. The van der Waals surface area contributed by atoms with Crippen molar-refractivity contribution in [2.45, 2.75) is 18.5 Å². The summed E-state index contributed by atoms with van der Waals surface area (Å²) in [4.78, 5) is 13.6. The van der Waals surface area contributed by atoms with E-state index in [9.17, 15) is 10.1 Å². The van der Waals surface area contributed by atoms with Gasteiger partial charge in [-0.05, 0) is 23.3 Å². The molecule has 132 valence electrons. The topological polar surface area (TPSA) is 64.8 Å². The number of hydrogen-bond acceptors (Lipinski definition) is 5. The third-order valence-electron chi connectivity index (χ3n) is 4.69. The van der Waals surface area contributed by atoms with Crippen molar-refractivity contribution in [3.05, 3.63) is 69.8 Å². The first-order valence-electron chi connectivity index (χ1n) is 8.23. The summed E-state index contributed by atoms with van der Waals surface area (Å²) in [5.74, 6) is 1.11. The molecule has 0 aliphatic carbocycles. The average molecular weight is 342 g/mol. The van der Waals surface area contributed by atoms with Crippen LogP contribution in [0.2, 0.25) is 0 Å². The van der Waals surface area contributed by atoms with Crippen LogP contribution in [0.4, 0.5) is 0 Å².